The number of allylic oxidation sites excluding steroid dienone is 1. The maximum absolute atomic E-state index is 11.5. The predicted molar refractivity (Wildman–Crippen MR) is 77.7 cm³/mol. The summed E-state index contributed by atoms with van der Waals surface area (Å²) in [5, 5.41) is 19.4. The molecule has 6 heteroatoms. The molecule has 2 aromatic rings. The first kappa shape index (κ1) is 14.3. The maximum Gasteiger partial charge on any atom is 0.343 e. The second-order valence-corrected chi connectivity index (χ2v) is 4.80. The molecule has 22 heavy (non-hydrogen) atoms. The third-order valence-corrected chi connectivity index (χ3v) is 3.20. The molecule has 1 aliphatic heterocycles. The number of esters is 1. The second-order valence-electron chi connectivity index (χ2n) is 4.80. The van der Waals surface area contributed by atoms with E-state index >= 15 is 0 Å². The van der Waals surface area contributed by atoms with Gasteiger partial charge in [-0.15, -0.1) is 0 Å². The van der Waals surface area contributed by atoms with E-state index in [1.165, 1.54) is 6.07 Å². The van der Waals surface area contributed by atoms with Crippen molar-refractivity contribution in [1.29, 1.82) is 0 Å². The number of quaternary nitrogens is 1. The van der Waals surface area contributed by atoms with Crippen molar-refractivity contribution in [2.24, 2.45) is 0 Å². The van der Waals surface area contributed by atoms with Gasteiger partial charge in [0.05, 0.1) is 11.1 Å². The van der Waals surface area contributed by atoms with Crippen molar-refractivity contribution in [2.45, 2.75) is 6.92 Å². The molecule has 0 amide bonds. The molecule has 0 aliphatic carbocycles. The molecule has 2 N–H and O–H groups in total. The van der Waals surface area contributed by atoms with Gasteiger partial charge in [0, 0.05) is 6.07 Å². The fourth-order valence-corrected chi connectivity index (χ4v) is 2.23. The highest BCUT2D eigenvalue weighted by Crippen LogP contribution is 2.28. The number of nitrogens with one attached hydrogen (secondary N) is 1. The first-order valence-corrected chi connectivity index (χ1v) is 6.59. The fourth-order valence-electron chi connectivity index (χ4n) is 2.23. The summed E-state index contributed by atoms with van der Waals surface area (Å²) in [5.74, 6) is 0.977. The third kappa shape index (κ3) is 2.71. The monoisotopic (exact) mass is 299 g/mol. The number of cyclic esters (lactones) is 1. The van der Waals surface area contributed by atoms with Crippen molar-refractivity contribution in [1.82, 2.24) is 0 Å². The molecule has 1 aromatic heterocycles. The number of hydrogen-bond acceptors (Lipinski definition) is 5. The van der Waals surface area contributed by atoms with E-state index in [0.29, 0.717) is 28.4 Å². The number of hydrogen-bond donors (Lipinski definition) is 2. The van der Waals surface area contributed by atoms with Crippen LogP contribution in [0.2, 0.25) is 0 Å². The van der Waals surface area contributed by atoms with Crippen LogP contribution in [0.5, 0.6) is 0 Å². The minimum Gasteiger partial charge on any atom is -0.595 e. The molecular weight excluding hydrogens is 286 g/mol. The lowest BCUT2D eigenvalue weighted by molar-refractivity contribution is -0.991. The summed E-state index contributed by atoms with van der Waals surface area (Å²) < 4.78 is 10.6. The van der Waals surface area contributed by atoms with Crippen LogP contribution in [-0.2, 0) is 9.53 Å². The zero-order chi connectivity index (χ0) is 15.7. The topological polar surface area (TPSA) is 87.2 Å². The standard InChI is InChI=1S/C16H13NO5/c1-10-8-11(16(18)21-10)9-12-6-7-15(22-12)13-4-2-3-5-14(13)17(19)20/h2-9,17,19H,1H3. The average Bonchev–Trinajstić information content (AvgIpc) is 3.06. The van der Waals surface area contributed by atoms with Crippen LogP contribution in [0.15, 0.2) is 58.2 Å². The van der Waals surface area contributed by atoms with Crippen molar-refractivity contribution in [3.8, 4) is 11.3 Å². The SMILES string of the molecule is CC1=CC(=Cc2ccc(-c3ccccc3[NH+]([O-])O)o2)C(=O)O1. The molecule has 112 valence electrons. The highest BCUT2D eigenvalue weighted by Gasteiger charge is 2.19. The summed E-state index contributed by atoms with van der Waals surface area (Å²) in [7, 11) is 0. The maximum atomic E-state index is 11.5. The Morgan fingerprint density at radius 1 is 1.23 bits per heavy atom. The van der Waals surface area contributed by atoms with Crippen LogP contribution >= 0.6 is 0 Å². The van der Waals surface area contributed by atoms with Crippen molar-refractivity contribution in [3.05, 3.63) is 64.8 Å². The number of furan rings is 1. The highest BCUT2D eigenvalue weighted by atomic mass is 16.8. The van der Waals surface area contributed by atoms with Gasteiger partial charge in [-0.1, -0.05) is 12.1 Å². The largest absolute Gasteiger partial charge is 0.595 e. The van der Waals surface area contributed by atoms with Crippen molar-refractivity contribution < 1.29 is 24.4 Å². The smallest absolute Gasteiger partial charge is 0.343 e. The number of benzene rings is 1. The lowest BCUT2D eigenvalue weighted by atomic mass is 10.1. The van der Waals surface area contributed by atoms with Gasteiger partial charge in [0.25, 0.3) is 0 Å². The minimum atomic E-state index is -1.02. The Morgan fingerprint density at radius 2 is 2.00 bits per heavy atom. The summed E-state index contributed by atoms with van der Waals surface area (Å²) >= 11 is 0. The Hall–Kier alpha value is -2.67. The van der Waals surface area contributed by atoms with E-state index in [0.717, 1.165) is 0 Å². The first-order valence-electron chi connectivity index (χ1n) is 6.59. The van der Waals surface area contributed by atoms with E-state index < -0.39 is 11.2 Å². The van der Waals surface area contributed by atoms with Crippen LogP contribution in [0.4, 0.5) is 5.69 Å². The summed E-state index contributed by atoms with van der Waals surface area (Å²) in [6.07, 6.45) is 3.18. The normalized spacial score (nSPS) is 17.5. The molecule has 0 radical (unpaired) electrons. The second kappa shape index (κ2) is 5.61. The zero-order valence-electron chi connectivity index (χ0n) is 11.7. The van der Waals surface area contributed by atoms with Crippen molar-refractivity contribution in [2.75, 3.05) is 0 Å². The van der Waals surface area contributed by atoms with E-state index in [4.69, 9.17) is 9.15 Å². The molecule has 2 heterocycles. The number of ether oxygens (including phenoxy) is 1. The average molecular weight is 299 g/mol. The van der Waals surface area contributed by atoms with Gasteiger partial charge in [-0.25, -0.2) is 10.0 Å². The molecule has 0 bridgehead atoms. The predicted octanol–water partition coefficient (Wildman–Crippen LogP) is 2.19. The van der Waals surface area contributed by atoms with Gasteiger partial charge in [0.15, 0.2) is 5.69 Å². The van der Waals surface area contributed by atoms with E-state index in [-0.39, 0.29) is 5.69 Å². The molecule has 0 spiro atoms. The van der Waals surface area contributed by atoms with Gasteiger partial charge in [0.2, 0.25) is 0 Å². The molecule has 1 unspecified atom stereocenters. The summed E-state index contributed by atoms with van der Waals surface area (Å²) in [4.78, 5) is 11.5. The van der Waals surface area contributed by atoms with Gasteiger partial charge in [-0.05, 0) is 37.3 Å². The van der Waals surface area contributed by atoms with Crippen LogP contribution < -0.4 is 5.23 Å². The number of rotatable bonds is 3. The molecular formula is C16H13NO5. The van der Waals surface area contributed by atoms with Crippen LogP contribution in [0.1, 0.15) is 12.7 Å². The molecule has 3 rings (SSSR count). The van der Waals surface area contributed by atoms with E-state index in [1.54, 1.807) is 49.4 Å². The van der Waals surface area contributed by atoms with Crippen molar-refractivity contribution in [3.63, 3.8) is 0 Å². The van der Waals surface area contributed by atoms with Gasteiger partial charge in [-0.3, -0.25) is 0 Å². The number of carbonyl (C=O) groups excluding carboxylic acids is 1. The Morgan fingerprint density at radius 3 is 2.68 bits per heavy atom. The number of carbonyl (C=O) groups is 1. The van der Waals surface area contributed by atoms with Crippen LogP contribution in [0.25, 0.3) is 17.4 Å². The Balaban J connectivity index is 1.96. The highest BCUT2D eigenvalue weighted by molar-refractivity contribution is 5.99. The van der Waals surface area contributed by atoms with Gasteiger partial charge in [0.1, 0.15) is 17.3 Å². The van der Waals surface area contributed by atoms with Crippen molar-refractivity contribution >= 4 is 17.7 Å². The lowest BCUT2D eigenvalue weighted by Crippen LogP contribution is -2.99. The third-order valence-electron chi connectivity index (χ3n) is 3.20. The number of para-hydroxylation sites is 1. The quantitative estimate of drug-likeness (QED) is 0.515. The molecule has 0 saturated heterocycles. The van der Waals surface area contributed by atoms with E-state index in [1.807, 2.05) is 0 Å². The lowest BCUT2D eigenvalue weighted by Gasteiger charge is -2.14. The Kier molecular flexibility index (Phi) is 3.64. The molecule has 1 aromatic carbocycles. The van der Waals surface area contributed by atoms with Crippen LogP contribution in [0, 0.1) is 5.21 Å². The fraction of sp³-hybridized carbons (Fsp3) is 0.0625. The summed E-state index contributed by atoms with van der Waals surface area (Å²) in [5.41, 5.74) is 1.04. The van der Waals surface area contributed by atoms with Gasteiger partial charge >= 0.3 is 5.97 Å². The molecule has 0 saturated carbocycles. The first-order chi connectivity index (χ1) is 10.5. The molecule has 6 nitrogen and oxygen atoms in total. The van der Waals surface area contributed by atoms with Crippen LogP contribution in [-0.4, -0.2) is 11.2 Å². The Bertz CT molecular complexity index is 785. The molecule has 1 aliphatic rings. The minimum absolute atomic E-state index is 0.159. The van der Waals surface area contributed by atoms with E-state index in [2.05, 4.69) is 0 Å². The zero-order valence-corrected chi connectivity index (χ0v) is 11.7. The molecule has 0 fully saturated rings. The van der Waals surface area contributed by atoms with Gasteiger partial charge < -0.3 is 14.4 Å². The van der Waals surface area contributed by atoms with Crippen LogP contribution in [0.3, 0.4) is 0 Å². The summed E-state index contributed by atoms with van der Waals surface area (Å²) in [6, 6.07) is 9.93. The Labute approximate surface area is 126 Å². The summed E-state index contributed by atoms with van der Waals surface area (Å²) in [6.45, 7) is 1.69. The molecule has 1 atom stereocenters. The van der Waals surface area contributed by atoms with Gasteiger partial charge in [-0.2, -0.15) is 5.23 Å². The van der Waals surface area contributed by atoms with E-state index in [9.17, 15) is 15.2 Å².